The summed E-state index contributed by atoms with van der Waals surface area (Å²) in [5.41, 5.74) is 0. The average molecular weight is 521 g/mol. The fourth-order valence-electron chi connectivity index (χ4n) is 4.58. The predicted molar refractivity (Wildman–Crippen MR) is 118 cm³/mol. The van der Waals surface area contributed by atoms with Crippen LogP contribution in [0.15, 0.2) is 34.2 Å². The number of aliphatic imine (C=N–C) groups is 1. The number of likely N-dealkylation sites (tertiary alicyclic amines) is 1. The summed E-state index contributed by atoms with van der Waals surface area (Å²) >= 11 is 0. The van der Waals surface area contributed by atoms with E-state index in [-0.39, 0.29) is 24.0 Å². The summed E-state index contributed by atoms with van der Waals surface area (Å²) in [7, 11) is -1.37. The van der Waals surface area contributed by atoms with E-state index >= 15 is 0 Å². The molecule has 4 unspecified atom stereocenters. The highest BCUT2D eigenvalue weighted by molar-refractivity contribution is 14.0. The molecule has 0 radical (unpaired) electrons. The number of hydrogen-bond acceptors (Lipinski definition) is 5. The van der Waals surface area contributed by atoms with E-state index in [2.05, 4.69) is 15.2 Å². The van der Waals surface area contributed by atoms with Crippen LogP contribution in [-0.4, -0.2) is 71.0 Å². The normalized spacial score (nSPS) is 28.8. The molecule has 1 N–H and O–H groups in total. The molecule has 3 aliphatic rings. The first-order chi connectivity index (χ1) is 13.0. The predicted octanol–water partition coefficient (Wildman–Crippen LogP) is 1.77. The van der Waals surface area contributed by atoms with Crippen LogP contribution in [0, 0.1) is 11.8 Å². The van der Waals surface area contributed by atoms with Gasteiger partial charge in [0, 0.05) is 38.2 Å². The first-order valence-corrected chi connectivity index (χ1v) is 11.4. The van der Waals surface area contributed by atoms with Gasteiger partial charge in [-0.25, -0.2) is 8.42 Å². The van der Waals surface area contributed by atoms with Crippen molar-refractivity contribution in [3.05, 3.63) is 24.3 Å². The van der Waals surface area contributed by atoms with Crippen molar-refractivity contribution >= 4 is 39.8 Å². The fraction of sp³-hybridized carbons (Fsp3) is 0.632. The van der Waals surface area contributed by atoms with Crippen molar-refractivity contribution in [1.29, 1.82) is 0 Å². The van der Waals surface area contributed by atoms with Gasteiger partial charge < -0.3 is 19.7 Å². The number of rotatable bonds is 5. The number of nitrogens with one attached hydrogen (secondary N) is 1. The van der Waals surface area contributed by atoms with Crippen LogP contribution in [-0.2, 0) is 14.6 Å². The van der Waals surface area contributed by atoms with E-state index in [1.54, 1.807) is 24.3 Å². The summed E-state index contributed by atoms with van der Waals surface area (Å²) in [5, 5.41) is 3.37. The smallest absolute Gasteiger partial charge is 0.193 e. The third kappa shape index (κ3) is 4.40. The lowest BCUT2D eigenvalue weighted by molar-refractivity contribution is 0.0767. The van der Waals surface area contributed by atoms with Gasteiger partial charge in [-0.3, -0.25) is 4.99 Å². The highest BCUT2D eigenvalue weighted by Gasteiger charge is 2.53. The monoisotopic (exact) mass is 521 g/mol. The maximum Gasteiger partial charge on any atom is 0.193 e. The maximum atomic E-state index is 11.5. The second-order valence-electron chi connectivity index (χ2n) is 7.59. The Labute approximate surface area is 183 Å². The molecule has 3 fully saturated rings. The summed E-state index contributed by atoms with van der Waals surface area (Å²) < 4.78 is 34.7. The van der Waals surface area contributed by atoms with Crippen LogP contribution in [0.2, 0.25) is 0 Å². The minimum absolute atomic E-state index is 0. The van der Waals surface area contributed by atoms with Crippen molar-refractivity contribution in [2.24, 2.45) is 16.8 Å². The number of halogens is 1. The van der Waals surface area contributed by atoms with Gasteiger partial charge in [-0.2, -0.15) is 0 Å². The first-order valence-electron chi connectivity index (χ1n) is 9.49. The van der Waals surface area contributed by atoms with Crippen LogP contribution < -0.4 is 10.1 Å². The molecule has 28 heavy (non-hydrogen) atoms. The van der Waals surface area contributed by atoms with Gasteiger partial charge in [-0.1, -0.05) is 0 Å². The van der Waals surface area contributed by atoms with Gasteiger partial charge in [0.1, 0.15) is 12.4 Å². The van der Waals surface area contributed by atoms with Crippen molar-refractivity contribution in [2.45, 2.75) is 29.9 Å². The third-order valence-corrected chi connectivity index (χ3v) is 7.00. The van der Waals surface area contributed by atoms with E-state index < -0.39 is 9.84 Å². The van der Waals surface area contributed by atoms with E-state index in [4.69, 9.17) is 9.47 Å². The Morgan fingerprint density at radius 3 is 2.36 bits per heavy atom. The molecule has 7 nitrogen and oxygen atoms in total. The summed E-state index contributed by atoms with van der Waals surface area (Å²) in [6, 6.07) is 6.50. The topological polar surface area (TPSA) is 80.2 Å². The van der Waals surface area contributed by atoms with E-state index in [1.165, 1.54) is 19.1 Å². The standard InChI is InChI=1S/C19H27N3O4S.HI/c1-20-19(22-11-15-16(12-22)18-8-7-17(15)26-18)21-9-10-25-13-3-5-14(6-4-13)27(2,23)24;/h3-6,15-18H,7-12H2,1-2H3,(H,20,21);1H. The molecule has 1 aromatic carbocycles. The fourth-order valence-corrected chi connectivity index (χ4v) is 5.21. The molecule has 156 valence electrons. The zero-order valence-electron chi connectivity index (χ0n) is 16.2. The number of ether oxygens (including phenoxy) is 2. The molecule has 3 saturated heterocycles. The minimum atomic E-state index is -3.18. The molecular formula is C19H28IN3O4S. The molecule has 0 aromatic heterocycles. The molecule has 0 aliphatic carbocycles. The molecule has 0 spiro atoms. The van der Waals surface area contributed by atoms with Crippen LogP contribution >= 0.6 is 24.0 Å². The number of guanidine groups is 1. The quantitative estimate of drug-likeness (QED) is 0.276. The van der Waals surface area contributed by atoms with Crippen molar-refractivity contribution in [3.63, 3.8) is 0 Å². The SMILES string of the molecule is CN=C(NCCOc1ccc(S(C)(=O)=O)cc1)N1CC2C3CCC(O3)C2C1.I. The minimum Gasteiger partial charge on any atom is -0.492 e. The molecule has 1 aromatic rings. The van der Waals surface area contributed by atoms with Gasteiger partial charge in [0.15, 0.2) is 15.8 Å². The van der Waals surface area contributed by atoms with Gasteiger partial charge in [-0.05, 0) is 37.1 Å². The van der Waals surface area contributed by atoms with Gasteiger partial charge in [0.05, 0.1) is 23.6 Å². The van der Waals surface area contributed by atoms with E-state index in [1.807, 2.05) is 7.05 Å². The summed E-state index contributed by atoms with van der Waals surface area (Å²) in [5.74, 6) is 2.86. The van der Waals surface area contributed by atoms with Gasteiger partial charge in [-0.15, -0.1) is 24.0 Å². The van der Waals surface area contributed by atoms with Crippen molar-refractivity contribution < 1.29 is 17.9 Å². The Hall–Kier alpha value is -1.07. The van der Waals surface area contributed by atoms with Crippen LogP contribution in [0.25, 0.3) is 0 Å². The van der Waals surface area contributed by atoms with Crippen LogP contribution in [0.5, 0.6) is 5.75 Å². The highest BCUT2D eigenvalue weighted by atomic mass is 127. The van der Waals surface area contributed by atoms with Crippen LogP contribution in [0.4, 0.5) is 0 Å². The summed E-state index contributed by atoms with van der Waals surface area (Å²) in [6.07, 6.45) is 4.50. The molecule has 4 rings (SSSR count). The Morgan fingerprint density at radius 1 is 1.21 bits per heavy atom. The Morgan fingerprint density at radius 2 is 1.82 bits per heavy atom. The number of benzene rings is 1. The van der Waals surface area contributed by atoms with Gasteiger partial charge in [0.2, 0.25) is 0 Å². The second-order valence-corrected chi connectivity index (χ2v) is 9.60. The Bertz CT molecular complexity index is 797. The molecule has 3 aliphatic heterocycles. The van der Waals surface area contributed by atoms with Crippen molar-refractivity contribution in [2.75, 3.05) is 39.5 Å². The van der Waals surface area contributed by atoms with Crippen molar-refractivity contribution in [3.8, 4) is 5.75 Å². The summed E-state index contributed by atoms with van der Waals surface area (Å²) in [4.78, 5) is 7.05. The third-order valence-electron chi connectivity index (χ3n) is 5.87. The van der Waals surface area contributed by atoms with E-state index in [9.17, 15) is 8.42 Å². The second kappa shape index (κ2) is 8.74. The molecule has 0 amide bonds. The Kier molecular flexibility index (Phi) is 6.76. The molecule has 9 heteroatoms. The zero-order valence-corrected chi connectivity index (χ0v) is 19.4. The molecular weight excluding hydrogens is 493 g/mol. The highest BCUT2D eigenvalue weighted by Crippen LogP contribution is 2.47. The van der Waals surface area contributed by atoms with Gasteiger partial charge >= 0.3 is 0 Å². The van der Waals surface area contributed by atoms with Gasteiger partial charge in [0.25, 0.3) is 0 Å². The first kappa shape index (κ1) is 21.6. The lowest BCUT2D eigenvalue weighted by Gasteiger charge is -2.23. The molecule has 3 heterocycles. The van der Waals surface area contributed by atoms with E-state index in [0.717, 1.165) is 19.0 Å². The number of sulfone groups is 1. The zero-order chi connectivity index (χ0) is 19.0. The van der Waals surface area contributed by atoms with Crippen LogP contribution in [0.3, 0.4) is 0 Å². The largest absolute Gasteiger partial charge is 0.492 e. The van der Waals surface area contributed by atoms with E-state index in [0.29, 0.717) is 47.8 Å². The lowest BCUT2D eigenvalue weighted by Crippen LogP contribution is -2.42. The number of nitrogens with zero attached hydrogens (tertiary/aromatic N) is 2. The van der Waals surface area contributed by atoms with Crippen molar-refractivity contribution in [1.82, 2.24) is 10.2 Å². The molecule has 4 atom stereocenters. The average Bonchev–Trinajstić information content (AvgIpc) is 3.34. The number of fused-ring (bicyclic) bond motifs is 5. The number of hydrogen-bond donors (Lipinski definition) is 1. The van der Waals surface area contributed by atoms with Crippen LogP contribution in [0.1, 0.15) is 12.8 Å². The lowest BCUT2D eigenvalue weighted by atomic mass is 9.82. The Balaban J connectivity index is 0.00000225. The molecule has 0 saturated carbocycles. The summed E-state index contributed by atoms with van der Waals surface area (Å²) in [6.45, 7) is 3.14. The maximum absolute atomic E-state index is 11.5. The molecule has 2 bridgehead atoms.